The van der Waals surface area contributed by atoms with Crippen molar-refractivity contribution in [2.75, 3.05) is 19.5 Å². The number of carbonyl (C=O) groups excluding carboxylic acids is 1. The molecule has 0 saturated heterocycles. The molecule has 7 nitrogen and oxygen atoms in total. The zero-order valence-corrected chi connectivity index (χ0v) is 18.0. The Hall–Kier alpha value is -2.99. The second kappa shape index (κ2) is 9.67. The quantitative estimate of drug-likeness (QED) is 0.417. The first-order chi connectivity index (χ1) is 14.4. The smallest absolute Gasteiger partial charge is 0.323 e. The molecule has 2 aromatic carbocycles. The fourth-order valence-electron chi connectivity index (χ4n) is 3.00. The van der Waals surface area contributed by atoms with Gasteiger partial charge in [0, 0.05) is 44.2 Å². The van der Waals surface area contributed by atoms with Gasteiger partial charge in [-0.3, -0.25) is 14.0 Å². The molecule has 0 bridgehead atoms. The molecule has 0 radical (unpaired) electrons. The van der Waals surface area contributed by atoms with Crippen LogP contribution >= 0.6 is 7.60 Å². The first kappa shape index (κ1) is 21.7. The van der Waals surface area contributed by atoms with E-state index in [2.05, 4.69) is 10.4 Å². The lowest BCUT2D eigenvalue weighted by Crippen LogP contribution is -2.07. The van der Waals surface area contributed by atoms with Gasteiger partial charge >= 0.3 is 7.60 Å². The summed E-state index contributed by atoms with van der Waals surface area (Å²) in [5, 5.41) is 7.11. The van der Waals surface area contributed by atoms with Gasteiger partial charge in [-0.2, -0.15) is 5.10 Å². The molecule has 8 heteroatoms. The Labute approximate surface area is 175 Å². The maximum Gasteiger partial charge on any atom is 0.334 e. The second-order valence-corrected chi connectivity index (χ2v) is 8.86. The molecule has 0 aliphatic carbocycles. The summed E-state index contributed by atoms with van der Waals surface area (Å²) in [7, 11) is 1.46. The average Bonchev–Trinajstić information content (AvgIpc) is 3.14. The number of anilines is 1. The number of aromatic nitrogens is 2. The summed E-state index contributed by atoms with van der Waals surface area (Å²) in [5.41, 5.74) is 4.23. The molecule has 3 aromatic rings. The summed E-state index contributed by atoms with van der Waals surface area (Å²) >= 11 is 0. The number of aryl methyl sites for hydroxylation is 1. The molecule has 3 rings (SSSR count). The largest absolute Gasteiger partial charge is 0.334 e. The van der Waals surface area contributed by atoms with Crippen LogP contribution in [0.5, 0.6) is 0 Å². The lowest BCUT2D eigenvalue weighted by molar-refractivity contribution is -0.111. The lowest BCUT2D eigenvalue weighted by Gasteiger charge is -2.13. The topological polar surface area (TPSA) is 82.5 Å². The molecule has 156 valence electrons. The third-order valence-electron chi connectivity index (χ3n) is 4.58. The second-order valence-electron chi connectivity index (χ2n) is 6.59. The Morgan fingerprint density at radius 2 is 1.77 bits per heavy atom. The number of rotatable bonds is 8. The predicted octanol–water partition coefficient (Wildman–Crippen LogP) is 4.72. The molecule has 1 heterocycles. The van der Waals surface area contributed by atoms with Crippen LogP contribution in [0.1, 0.15) is 11.1 Å². The van der Waals surface area contributed by atoms with E-state index in [1.54, 1.807) is 41.2 Å². The SMILES string of the molecule is COP(=O)(Cc1ccc(NC(=O)C=Cc2cnn(C)c2-c2ccccc2)cc1)OC. The lowest BCUT2D eigenvalue weighted by atomic mass is 10.1. The van der Waals surface area contributed by atoms with Gasteiger partial charge < -0.3 is 14.4 Å². The van der Waals surface area contributed by atoms with E-state index in [0.29, 0.717) is 5.69 Å². The minimum atomic E-state index is -3.13. The Bertz CT molecular complexity index is 1070. The van der Waals surface area contributed by atoms with E-state index >= 15 is 0 Å². The summed E-state index contributed by atoms with van der Waals surface area (Å²) in [6, 6.07) is 16.9. The van der Waals surface area contributed by atoms with Crippen LogP contribution in [0.4, 0.5) is 5.69 Å². The maximum absolute atomic E-state index is 12.3. The van der Waals surface area contributed by atoms with Gasteiger partial charge in [-0.05, 0) is 23.8 Å². The fourth-order valence-corrected chi connectivity index (χ4v) is 4.06. The number of hydrogen-bond donors (Lipinski definition) is 1. The number of amides is 1. The van der Waals surface area contributed by atoms with Crippen LogP contribution in [-0.4, -0.2) is 29.9 Å². The Kier molecular flexibility index (Phi) is 7.00. The van der Waals surface area contributed by atoms with E-state index in [4.69, 9.17) is 9.05 Å². The van der Waals surface area contributed by atoms with Gasteiger partial charge in [-0.15, -0.1) is 0 Å². The molecule has 0 atom stereocenters. The average molecular weight is 425 g/mol. The van der Waals surface area contributed by atoms with Crippen molar-refractivity contribution in [1.82, 2.24) is 9.78 Å². The number of nitrogens with zero attached hydrogens (tertiary/aromatic N) is 2. The van der Waals surface area contributed by atoms with Crippen molar-refractivity contribution >= 4 is 25.3 Å². The molecule has 1 N–H and O–H groups in total. The van der Waals surface area contributed by atoms with Crippen molar-refractivity contribution in [3.63, 3.8) is 0 Å². The molecule has 0 aliphatic rings. The Morgan fingerprint density at radius 1 is 1.10 bits per heavy atom. The van der Waals surface area contributed by atoms with E-state index in [-0.39, 0.29) is 12.1 Å². The molecule has 1 aromatic heterocycles. The van der Waals surface area contributed by atoms with Gasteiger partial charge in [0.2, 0.25) is 5.91 Å². The van der Waals surface area contributed by atoms with Crippen molar-refractivity contribution in [2.45, 2.75) is 6.16 Å². The molecule has 30 heavy (non-hydrogen) atoms. The minimum absolute atomic E-state index is 0.164. The van der Waals surface area contributed by atoms with Gasteiger partial charge in [0.15, 0.2) is 0 Å². The number of nitrogens with one attached hydrogen (secondary N) is 1. The molecule has 0 spiro atoms. The normalized spacial score (nSPS) is 11.7. The van der Waals surface area contributed by atoms with E-state index in [1.807, 2.05) is 37.4 Å². The van der Waals surface area contributed by atoms with E-state index < -0.39 is 7.60 Å². The van der Waals surface area contributed by atoms with E-state index in [1.165, 1.54) is 20.3 Å². The molecule has 0 saturated carbocycles. The van der Waals surface area contributed by atoms with Gasteiger partial charge in [0.05, 0.1) is 18.1 Å². The Balaban J connectivity index is 1.67. The number of hydrogen-bond acceptors (Lipinski definition) is 5. The third kappa shape index (κ3) is 5.33. The maximum atomic E-state index is 12.3. The summed E-state index contributed by atoms with van der Waals surface area (Å²) in [6.07, 6.45) is 5.11. The van der Waals surface area contributed by atoms with Crippen LogP contribution in [0.25, 0.3) is 17.3 Å². The van der Waals surface area contributed by atoms with Crippen molar-refractivity contribution in [3.05, 3.63) is 78.0 Å². The van der Waals surface area contributed by atoms with Gasteiger partial charge in [-0.25, -0.2) is 0 Å². The highest BCUT2D eigenvalue weighted by molar-refractivity contribution is 7.52. The number of benzene rings is 2. The van der Waals surface area contributed by atoms with Crippen LogP contribution in [0.2, 0.25) is 0 Å². The van der Waals surface area contributed by atoms with Crippen LogP contribution in [0.15, 0.2) is 66.9 Å². The van der Waals surface area contributed by atoms with E-state index in [9.17, 15) is 9.36 Å². The summed E-state index contributed by atoms with van der Waals surface area (Å²) < 4.78 is 23.9. The van der Waals surface area contributed by atoms with Crippen molar-refractivity contribution in [1.29, 1.82) is 0 Å². The summed E-state index contributed by atoms with van der Waals surface area (Å²) in [6.45, 7) is 0. The highest BCUT2D eigenvalue weighted by Gasteiger charge is 2.21. The zero-order chi connectivity index (χ0) is 21.6. The van der Waals surface area contributed by atoms with Crippen molar-refractivity contribution in [2.24, 2.45) is 7.05 Å². The standard InChI is InChI=1S/C22H24N3O4P/c1-25-22(18-7-5-4-6-8-18)19(15-23-25)11-14-21(26)24-20-12-9-17(10-13-20)16-30(27,28-2)29-3/h4-15H,16H2,1-3H3,(H,24,26). The van der Waals surface area contributed by atoms with Gasteiger partial charge in [0.25, 0.3) is 0 Å². The van der Waals surface area contributed by atoms with Crippen molar-refractivity contribution in [3.8, 4) is 11.3 Å². The van der Waals surface area contributed by atoms with Crippen molar-refractivity contribution < 1.29 is 18.4 Å². The minimum Gasteiger partial charge on any atom is -0.323 e. The summed E-state index contributed by atoms with van der Waals surface area (Å²) in [4.78, 5) is 12.3. The first-order valence-electron chi connectivity index (χ1n) is 9.30. The molecule has 0 unspecified atom stereocenters. The zero-order valence-electron chi connectivity index (χ0n) is 17.1. The molecule has 0 aliphatic heterocycles. The monoisotopic (exact) mass is 425 g/mol. The van der Waals surface area contributed by atoms with Crippen LogP contribution in [0.3, 0.4) is 0 Å². The Morgan fingerprint density at radius 3 is 2.40 bits per heavy atom. The van der Waals surface area contributed by atoms with Crippen LogP contribution in [0, 0.1) is 0 Å². The molecular formula is C22H24N3O4P. The van der Waals surface area contributed by atoms with Crippen LogP contribution in [-0.2, 0) is 31.6 Å². The first-order valence-corrected chi connectivity index (χ1v) is 11.0. The number of carbonyl (C=O) groups is 1. The third-order valence-corrected chi connectivity index (χ3v) is 6.45. The van der Waals surface area contributed by atoms with Crippen LogP contribution < -0.4 is 5.32 Å². The molecular weight excluding hydrogens is 401 g/mol. The molecule has 0 fully saturated rings. The van der Waals surface area contributed by atoms with Gasteiger partial charge in [0.1, 0.15) is 0 Å². The predicted molar refractivity (Wildman–Crippen MR) is 118 cm³/mol. The highest BCUT2D eigenvalue weighted by atomic mass is 31.2. The summed E-state index contributed by atoms with van der Waals surface area (Å²) in [5.74, 6) is -0.259. The molecule has 1 amide bonds. The fraction of sp³-hybridized carbons (Fsp3) is 0.182. The van der Waals surface area contributed by atoms with Gasteiger partial charge in [-0.1, -0.05) is 42.5 Å². The highest BCUT2D eigenvalue weighted by Crippen LogP contribution is 2.49. The van der Waals surface area contributed by atoms with E-state index in [0.717, 1.165) is 22.4 Å².